The minimum Gasteiger partial charge on any atom is -0.279 e. The first-order valence-electron chi connectivity index (χ1n) is 7.37. The van der Waals surface area contributed by atoms with Crippen molar-refractivity contribution in [1.82, 2.24) is 9.78 Å². The molecule has 0 unspecified atom stereocenters. The monoisotopic (exact) mass is 401 g/mol. The number of aryl methyl sites for hydroxylation is 2. The molecule has 0 bridgehead atoms. The number of nitrogens with one attached hydrogen (secondary N) is 1. The van der Waals surface area contributed by atoms with E-state index in [2.05, 4.69) is 9.82 Å². The summed E-state index contributed by atoms with van der Waals surface area (Å²) in [6.07, 6.45) is -4.53. The molecule has 10 heteroatoms. The third kappa shape index (κ3) is 3.75. The van der Waals surface area contributed by atoms with Gasteiger partial charge in [0.25, 0.3) is 10.0 Å². The summed E-state index contributed by atoms with van der Waals surface area (Å²) in [6, 6.07) is 10.5. The highest BCUT2D eigenvalue weighted by molar-refractivity contribution is 7.94. The van der Waals surface area contributed by atoms with E-state index in [1.165, 1.54) is 19.2 Å². The number of anilines is 1. The van der Waals surface area contributed by atoms with Gasteiger partial charge in [-0.2, -0.15) is 18.3 Å². The average Bonchev–Trinajstić information content (AvgIpc) is 3.15. The zero-order valence-corrected chi connectivity index (χ0v) is 15.3. The molecule has 3 aromatic rings. The first-order chi connectivity index (χ1) is 12.1. The number of hydrogen-bond donors (Lipinski definition) is 1. The molecule has 0 radical (unpaired) electrons. The molecule has 0 atom stereocenters. The molecule has 3 rings (SSSR count). The summed E-state index contributed by atoms with van der Waals surface area (Å²) in [7, 11) is -2.64. The molecule has 26 heavy (non-hydrogen) atoms. The fraction of sp³-hybridized carbons (Fsp3) is 0.188. The Kier molecular flexibility index (Phi) is 4.57. The Bertz CT molecular complexity index is 1040. The van der Waals surface area contributed by atoms with Gasteiger partial charge in [-0.05, 0) is 37.3 Å². The van der Waals surface area contributed by atoms with Gasteiger partial charge in [-0.1, -0.05) is 17.7 Å². The molecule has 0 saturated heterocycles. The van der Waals surface area contributed by atoms with E-state index in [9.17, 15) is 21.6 Å². The predicted molar refractivity (Wildman–Crippen MR) is 93.5 cm³/mol. The molecule has 2 aromatic heterocycles. The number of sulfonamides is 1. The molecule has 2 heterocycles. The summed E-state index contributed by atoms with van der Waals surface area (Å²) in [5.41, 5.74) is 0.564. The number of aromatic nitrogens is 2. The lowest BCUT2D eigenvalue weighted by molar-refractivity contribution is -0.143. The minimum absolute atomic E-state index is 0.00714. The molecule has 138 valence electrons. The van der Waals surface area contributed by atoms with Gasteiger partial charge in [-0.25, -0.2) is 8.42 Å². The highest BCUT2D eigenvalue weighted by Gasteiger charge is 2.35. The van der Waals surface area contributed by atoms with Gasteiger partial charge >= 0.3 is 6.18 Å². The van der Waals surface area contributed by atoms with E-state index < -0.39 is 21.9 Å². The molecule has 5 nitrogen and oxygen atoms in total. The van der Waals surface area contributed by atoms with Gasteiger partial charge in [-0.15, -0.1) is 11.3 Å². The van der Waals surface area contributed by atoms with Crippen LogP contribution < -0.4 is 4.72 Å². The molecule has 0 amide bonds. The van der Waals surface area contributed by atoms with Crippen LogP contribution in [-0.2, 0) is 23.2 Å². The molecule has 0 aliphatic carbocycles. The van der Waals surface area contributed by atoms with E-state index in [4.69, 9.17) is 0 Å². The molecular weight excluding hydrogens is 387 g/mol. The topological polar surface area (TPSA) is 64.0 Å². The van der Waals surface area contributed by atoms with Gasteiger partial charge in [0.15, 0.2) is 0 Å². The number of rotatable bonds is 4. The van der Waals surface area contributed by atoms with Crippen molar-refractivity contribution in [3.05, 3.63) is 53.7 Å². The standard InChI is InChI=1S/C16H14F3N3O2S2/c1-10-3-5-11(6-4-10)21-26(23,24)15-8-7-13(25-15)12-9-14(16(17,18)19)22(2)20-12/h3-9,21H,1-2H3. The van der Waals surface area contributed by atoms with Crippen molar-refractivity contribution < 1.29 is 21.6 Å². The average molecular weight is 401 g/mol. The summed E-state index contributed by atoms with van der Waals surface area (Å²) >= 11 is 0.854. The van der Waals surface area contributed by atoms with Crippen LogP contribution >= 0.6 is 11.3 Å². The Morgan fingerprint density at radius 2 is 1.77 bits per heavy atom. The number of thiophene rings is 1. The molecule has 0 saturated carbocycles. The van der Waals surface area contributed by atoms with Crippen LogP contribution in [0, 0.1) is 6.92 Å². The number of alkyl halides is 3. The maximum atomic E-state index is 12.9. The third-order valence-electron chi connectivity index (χ3n) is 3.57. The molecule has 1 aromatic carbocycles. The Hall–Kier alpha value is -2.33. The zero-order valence-electron chi connectivity index (χ0n) is 13.7. The summed E-state index contributed by atoms with van der Waals surface area (Å²) < 4.78 is 66.7. The smallest absolute Gasteiger partial charge is 0.279 e. The van der Waals surface area contributed by atoms with E-state index in [1.807, 2.05) is 6.92 Å². The number of nitrogens with zero attached hydrogens (tertiary/aromatic N) is 2. The van der Waals surface area contributed by atoms with Crippen LogP contribution in [0.2, 0.25) is 0 Å². The predicted octanol–water partition coefficient (Wildman–Crippen LogP) is 4.28. The lowest BCUT2D eigenvalue weighted by Gasteiger charge is -2.06. The van der Waals surface area contributed by atoms with Crippen LogP contribution in [0.3, 0.4) is 0 Å². The summed E-state index contributed by atoms with van der Waals surface area (Å²) in [5, 5.41) is 3.83. The van der Waals surface area contributed by atoms with Gasteiger partial charge in [0.05, 0.1) is 4.88 Å². The van der Waals surface area contributed by atoms with Gasteiger partial charge in [0.1, 0.15) is 15.6 Å². The van der Waals surface area contributed by atoms with Crippen molar-refractivity contribution in [3.63, 3.8) is 0 Å². The zero-order chi connectivity index (χ0) is 19.1. The van der Waals surface area contributed by atoms with Crippen LogP contribution in [0.15, 0.2) is 46.7 Å². The summed E-state index contributed by atoms with van der Waals surface area (Å²) in [5.74, 6) is 0. The maximum Gasteiger partial charge on any atom is 0.433 e. The normalized spacial score (nSPS) is 12.3. The minimum atomic E-state index is -4.53. The molecule has 0 fully saturated rings. The van der Waals surface area contributed by atoms with Crippen LogP contribution in [-0.4, -0.2) is 18.2 Å². The Morgan fingerprint density at radius 3 is 2.35 bits per heavy atom. The highest BCUT2D eigenvalue weighted by Crippen LogP contribution is 2.35. The fourth-order valence-corrected chi connectivity index (χ4v) is 4.60. The first kappa shape index (κ1) is 18.5. The first-order valence-corrected chi connectivity index (χ1v) is 9.67. The lowest BCUT2D eigenvalue weighted by atomic mass is 10.2. The van der Waals surface area contributed by atoms with Crippen molar-refractivity contribution >= 4 is 27.0 Å². The Balaban J connectivity index is 1.88. The molecular formula is C16H14F3N3O2S2. The molecule has 0 aliphatic rings. The number of halogens is 3. The van der Waals surface area contributed by atoms with E-state index in [0.29, 0.717) is 10.6 Å². The molecule has 1 N–H and O–H groups in total. The van der Waals surface area contributed by atoms with Crippen molar-refractivity contribution in [2.24, 2.45) is 7.05 Å². The van der Waals surface area contributed by atoms with E-state index >= 15 is 0 Å². The maximum absolute atomic E-state index is 12.9. The number of hydrogen-bond acceptors (Lipinski definition) is 4. The van der Waals surface area contributed by atoms with Crippen molar-refractivity contribution in [2.75, 3.05) is 4.72 Å². The van der Waals surface area contributed by atoms with Gasteiger partial charge in [0.2, 0.25) is 0 Å². The lowest BCUT2D eigenvalue weighted by Crippen LogP contribution is -2.11. The van der Waals surface area contributed by atoms with Gasteiger partial charge in [0, 0.05) is 12.7 Å². The van der Waals surface area contributed by atoms with Crippen molar-refractivity contribution in [1.29, 1.82) is 0 Å². The van der Waals surface area contributed by atoms with Gasteiger partial charge in [-0.3, -0.25) is 9.40 Å². The fourth-order valence-electron chi connectivity index (χ4n) is 2.28. The highest BCUT2D eigenvalue weighted by atomic mass is 32.2. The van der Waals surface area contributed by atoms with Gasteiger partial charge < -0.3 is 0 Å². The SMILES string of the molecule is Cc1ccc(NS(=O)(=O)c2ccc(-c3cc(C(F)(F)F)n(C)n3)s2)cc1. The van der Waals surface area contributed by atoms with Crippen LogP contribution in [0.25, 0.3) is 10.6 Å². The second-order valence-corrected chi connectivity index (χ2v) is 8.62. The third-order valence-corrected chi connectivity index (χ3v) is 6.55. The van der Waals surface area contributed by atoms with E-state index in [-0.39, 0.29) is 9.90 Å². The Labute approximate surface area is 152 Å². The second-order valence-electron chi connectivity index (χ2n) is 5.63. The van der Waals surface area contributed by atoms with Crippen molar-refractivity contribution in [2.45, 2.75) is 17.3 Å². The second kappa shape index (κ2) is 6.44. The van der Waals surface area contributed by atoms with Crippen molar-refractivity contribution in [3.8, 4) is 10.6 Å². The van der Waals surface area contributed by atoms with Crippen LogP contribution in [0.5, 0.6) is 0 Å². The summed E-state index contributed by atoms with van der Waals surface area (Å²) in [6.45, 7) is 1.88. The van der Waals surface area contributed by atoms with E-state index in [1.54, 1.807) is 24.3 Å². The quantitative estimate of drug-likeness (QED) is 0.710. The van der Waals surface area contributed by atoms with Crippen LogP contribution in [0.1, 0.15) is 11.3 Å². The van der Waals surface area contributed by atoms with E-state index in [0.717, 1.165) is 27.6 Å². The molecule has 0 aliphatic heterocycles. The van der Waals surface area contributed by atoms with Crippen LogP contribution in [0.4, 0.5) is 18.9 Å². The Morgan fingerprint density at radius 1 is 1.12 bits per heavy atom. The largest absolute Gasteiger partial charge is 0.433 e. The molecule has 0 spiro atoms. The summed E-state index contributed by atoms with van der Waals surface area (Å²) in [4.78, 5) is 0.334. The number of benzene rings is 1.